The molecule has 0 unspecified atom stereocenters. The quantitative estimate of drug-likeness (QED) is 0.606. The number of hydrogen-bond acceptors (Lipinski definition) is 6. The van der Waals surface area contributed by atoms with E-state index >= 15 is 0 Å². The van der Waals surface area contributed by atoms with Gasteiger partial charge >= 0.3 is 5.97 Å². The molecule has 1 heterocycles. The zero-order valence-electron chi connectivity index (χ0n) is 13.9. The van der Waals surface area contributed by atoms with Gasteiger partial charge in [-0.05, 0) is 12.1 Å². The van der Waals surface area contributed by atoms with Crippen LogP contribution in [0.2, 0.25) is 0 Å². The Morgan fingerprint density at radius 2 is 1.73 bits per heavy atom. The monoisotopic (exact) mass is 355 g/mol. The number of ether oxygens (including phenoxy) is 3. The van der Waals surface area contributed by atoms with Gasteiger partial charge in [0, 0.05) is 23.7 Å². The van der Waals surface area contributed by atoms with Gasteiger partial charge in [-0.3, -0.25) is 14.4 Å². The molecule has 0 aliphatic carbocycles. The van der Waals surface area contributed by atoms with E-state index in [-0.39, 0.29) is 25.4 Å². The molecule has 26 heavy (non-hydrogen) atoms. The second-order valence-electron chi connectivity index (χ2n) is 5.57. The highest BCUT2D eigenvalue weighted by molar-refractivity contribution is 5.98. The number of fused-ring (bicyclic) bond motifs is 1. The first-order valence-electron chi connectivity index (χ1n) is 8.05. The third kappa shape index (κ3) is 4.60. The molecule has 7 nitrogen and oxygen atoms in total. The fourth-order valence-electron chi connectivity index (χ4n) is 2.37. The summed E-state index contributed by atoms with van der Waals surface area (Å²) >= 11 is 0. The minimum atomic E-state index is -0.602. The molecule has 1 aliphatic rings. The average Bonchev–Trinajstić information content (AvgIpc) is 3.13. The van der Waals surface area contributed by atoms with Gasteiger partial charge in [0.2, 0.25) is 6.79 Å². The van der Waals surface area contributed by atoms with Crippen molar-refractivity contribution in [3.05, 3.63) is 54.1 Å². The maximum atomic E-state index is 11.9. The standard InChI is InChI=1S/C19H17NO6/c21-15(13-4-2-1-3-5-13)7-9-19(23)24-11-18(22)20-14-6-8-16-17(10-14)26-12-25-16/h1-6,8,10H,7,9,11-12H2,(H,20,22). The summed E-state index contributed by atoms with van der Waals surface area (Å²) in [4.78, 5) is 35.5. The van der Waals surface area contributed by atoms with Gasteiger partial charge in [-0.2, -0.15) is 0 Å². The molecule has 0 aromatic heterocycles. The maximum Gasteiger partial charge on any atom is 0.306 e. The van der Waals surface area contributed by atoms with Crippen LogP contribution in [0.4, 0.5) is 5.69 Å². The van der Waals surface area contributed by atoms with Gasteiger partial charge < -0.3 is 19.5 Å². The van der Waals surface area contributed by atoms with Crippen molar-refractivity contribution in [2.24, 2.45) is 0 Å². The zero-order chi connectivity index (χ0) is 18.4. The molecule has 0 fully saturated rings. The lowest BCUT2D eigenvalue weighted by Crippen LogP contribution is -2.21. The Labute approximate surface area is 149 Å². The zero-order valence-corrected chi connectivity index (χ0v) is 13.9. The average molecular weight is 355 g/mol. The molecule has 1 aliphatic heterocycles. The molecule has 0 spiro atoms. The summed E-state index contributed by atoms with van der Waals surface area (Å²) in [5.41, 5.74) is 1.05. The first kappa shape index (κ1) is 17.5. The van der Waals surface area contributed by atoms with Crippen LogP contribution in [-0.4, -0.2) is 31.1 Å². The molecule has 0 saturated heterocycles. The van der Waals surface area contributed by atoms with Crippen LogP contribution in [-0.2, 0) is 14.3 Å². The Morgan fingerprint density at radius 1 is 0.962 bits per heavy atom. The van der Waals surface area contributed by atoms with Gasteiger partial charge in [-0.25, -0.2) is 0 Å². The van der Waals surface area contributed by atoms with Gasteiger partial charge in [0.15, 0.2) is 23.9 Å². The largest absolute Gasteiger partial charge is 0.456 e. The van der Waals surface area contributed by atoms with Crippen molar-refractivity contribution in [1.29, 1.82) is 0 Å². The van der Waals surface area contributed by atoms with E-state index in [9.17, 15) is 14.4 Å². The molecule has 0 bridgehead atoms. The highest BCUT2D eigenvalue weighted by atomic mass is 16.7. The van der Waals surface area contributed by atoms with E-state index in [0.717, 1.165) is 0 Å². The number of amides is 1. The molecule has 3 rings (SSSR count). The number of carbonyl (C=O) groups is 3. The highest BCUT2D eigenvalue weighted by Gasteiger charge is 2.15. The number of hydrogen-bond donors (Lipinski definition) is 1. The summed E-state index contributed by atoms with van der Waals surface area (Å²) in [5.74, 6) is -0.0780. The summed E-state index contributed by atoms with van der Waals surface area (Å²) in [6.07, 6.45) is -0.0440. The normalized spacial score (nSPS) is 11.7. The summed E-state index contributed by atoms with van der Waals surface area (Å²) in [6.45, 7) is -0.279. The van der Waals surface area contributed by atoms with Crippen LogP contribution in [0.3, 0.4) is 0 Å². The number of rotatable bonds is 7. The number of anilines is 1. The highest BCUT2D eigenvalue weighted by Crippen LogP contribution is 2.34. The fourth-order valence-corrected chi connectivity index (χ4v) is 2.37. The van der Waals surface area contributed by atoms with E-state index in [4.69, 9.17) is 14.2 Å². The second-order valence-corrected chi connectivity index (χ2v) is 5.57. The van der Waals surface area contributed by atoms with E-state index in [1.807, 2.05) is 6.07 Å². The Kier molecular flexibility index (Phi) is 5.48. The topological polar surface area (TPSA) is 90.9 Å². The number of nitrogens with one attached hydrogen (secondary N) is 1. The van der Waals surface area contributed by atoms with Gasteiger partial charge in [-0.1, -0.05) is 30.3 Å². The minimum Gasteiger partial charge on any atom is -0.456 e. The Morgan fingerprint density at radius 3 is 2.54 bits per heavy atom. The van der Waals surface area contributed by atoms with Crippen molar-refractivity contribution in [3.63, 3.8) is 0 Å². The van der Waals surface area contributed by atoms with Crippen molar-refractivity contribution in [3.8, 4) is 11.5 Å². The van der Waals surface area contributed by atoms with Gasteiger partial charge in [-0.15, -0.1) is 0 Å². The molecule has 0 atom stereocenters. The van der Waals surface area contributed by atoms with Crippen molar-refractivity contribution in [2.45, 2.75) is 12.8 Å². The number of Topliss-reactive ketones (excluding diaryl/α,β-unsaturated/α-hetero) is 1. The first-order valence-corrected chi connectivity index (χ1v) is 8.05. The van der Waals surface area contributed by atoms with Crippen molar-refractivity contribution < 1.29 is 28.6 Å². The summed E-state index contributed by atoms with van der Waals surface area (Å²) in [5, 5.41) is 2.60. The second kappa shape index (κ2) is 8.15. The lowest BCUT2D eigenvalue weighted by Gasteiger charge is -2.07. The molecule has 0 saturated carbocycles. The molecule has 7 heteroatoms. The van der Waals surface area contributed by atoms with E-state index in [2.05, 4.69) is 5.32 Å². The number of ketones is 1. The first-order chi connectivity index (χ1) is 12.6. The van der Waals surface area contributed by atoms with Crippen LogP contribution < -0.4 is 14.8 Å². The van der Waals surface area contributed by atoms with Crippen LogP contribution in [0.5, 0.6) is 11.5 Å². The molecular formula is C19H17NO6. The molecule has 2 aromatic carbocycles. The molecule has 2 aromatic rings. The van der Waals surface area contributed by atoms with E-state index < -0.39 is 18.5 Å². The van der Waals surface area contributed by atoms with E-state index in [1.54, 1.807) is 42.5 Å². The van der Waals surface area contributed by atoms with Gasteiger partial charge in [0.25, 0.3) is 5.91 Å². The third-order valence-corrected chi connectivity index (χ3v) is 3.67. The van der Waals surface area contributed by atoms with Crippen LogP contribution in [0, 0.1) is 0 Å². The molecule has 1 N–H and O–H groups in total. The van der Waals surface area contributed by atoms with Crippen LogP contribution in [0.25, 0.3) is 0 Å². The van der Waals surface area contributed by atoms with Crippen molar-refractivity contribution >= 4 is 23.3 Å². The predicted molar refractivity (Wildman–Crippen MR) is 92.2 cm³/mol. The lowest BCUT2D eigenvalue weighted by molar-refractivity contribution is -0.147. The predicted octanol–water partition coefficient (Wildman–Crippen LogP) is 2.56. The van der Waals surface area contributed by atoms with Gasteiger partial charge in [0.1, 0.15) is 0 Å². The Bertz CT molecular complexity index is 818. The summed E-state index contributed by atoms with van der Waals surface area (Å²) < 4.78 is 15.3. The van der Waals surface area contributed by atoms with Crippen LogP contribution >= 0.6 is 0 Å². The Balaban J connectivity index is 1.40. The number of benzene rings is 2. The fraction of sp³-hybridized carbons (Fsp3) is 0.211. The van der Waals surface area contributed by atoms with Crippen molar-refractivity contribution in [2.75, 3.05) is 18.7 Å². The smallest absolute Gasteiger partial charge is 0.306 e. The van der Waals surface area contributed by atoms with Crippen LogP contribution in [0.1, 0.15) is 23.2 Å². The van der Waals surface area contributed by atoms with E-state index in [0.29, 0.717) is 22.7 Å². The molecule has 0 radical (unpaired) electrons. The van der Waals surface area contributed by atoms with Gasteiger partial charge in [0.05, 0.1) is 6.42 Å². The van der Waals surface area contributed by atoms with E-state index in [1.165, 1.54) is 0 Å². The third-order valence-electron chi connectivity index (χ3n) is 3.67. The Hall–Kier alpha value is -3.35. The lowest BCUT2D eigenvalue weighted by atomic mass is 10.1. The van der Waals surface area contributed by atoms with Crippen molar-refractivity contribution in [1.82, 2.24) is 0 Å². The number of esters is 1. The summed E-state index contributed by atoms with van der Waals surface area (Å²) in [6, 6.07) is 13.7. The summed E-state index contributed by atoms with van der Waals surface area (Å²) in [7, 11) is 0. The SMILES string of the molecule is O=C(COC(=O)CCC(=O)c1ccccc1)Nc1ccc2c(c1)OCO2. The molecule has 134 valence electrons. The minimum absolute atomic E-state index is 0.0344. The maximum absolute atomic E-state index is 11.9. The molecular weight excluding hydrogens is 338 g/mol. The molecule has 1 amide bonds. The number of carbonyl (C=O) groups excluding carboxylic acids is 3. The van der Waals surface area contributed by atoms with Crippen LogP contribution in [0.15, 0.2) is 48.5 Å².